The number of hydrogen-bond donors (Lipinski definition) is 1. The first kappa shape index (κ1) is 14.2. The Bertz CT molecular complexity index is 675. The second-order valence-corrected chi connectivity index (χ2v) is 3.96. The van der Waals surface area contributed by atoms with E-state index in [1.54, 1.807) is 6.07 Å². The van der Waals surface area contributed by atoms with Crippen molar-refractivity contribution >= 4 is 27.3 Å². The van der Waals surface area contributed by atoms with E-state index in [9.17, 15) is 10.1 Å². The largest absolute Gasteiger partial charge is 0.339 e. The lowest BCUT2D eigenvalue weighted by atomic mass is 10.2. The van der Waals surface area contributed by atoms with Crippen molar-refractivity contribution in [1.82, 2.24) is 0 Å². The van der Waals surface area contributed by atoms with E-state index >= 15 is 0 Å². The van der Waals surface area contributed by atoms with E-state index in [4.69, 9.17) is 15.8 Å². The van der Waals surface area contributed by atoms with Gasteiger partial charge in [-0.05, 0) is 28.1 Å². The lowest BCUT2D eigenvalue weighted by Crippen LogP contribution is -2.04. The maximum absolute atomic E-state index is 10.9. The normalized spacial score (nSPS) is 8.53. The summed E-state index contributed by atoms with van der Waals surface area (Å²) in [6.07, 6.45) is 0. The van der Waals surface area contributed by atoms with Gasteiger partial charge in [-0.3, -0.25) is 10.1 Å². The van der Waals surface area contributed by atoms with Gasteiger partial charge in [0.25, 0.3) is 0 Å². The molecule has 0 spiro atoms. The molecule has 0 atom stereocenters. The van der Waals surface area contributed by atoms with Gasteiger partial charge in [0.1, 0.15) is 29.6 Å². The molecule has 0 aromatic heterocycles. The number of allylic oxidation sites excluding steroid dienone is 2. The van der Waals surface area contributed by atoms with Crippen molar-refractivity contribution in [2.45, 2.75) is 0 Å². The average Bonchev–Trinajstić information content (AvgIpc) is 2.38. The zero-order valence-electron chi connectivity index (χ0n) is 9.22. The van der Waals surface area contributed by atoms with Gasteiger partial charge in [-0.2, -0.15) is 15.8 Å². The van der Waals surface area contributed by atoms with Crippen LogP contribution in [0, 0.1) is 44.1 Å². The molecule has 0 saturated carbocycles. The van der Waals surface area contributed by atoms with Gasteiger partial charge in [-0.25, -0.2) is 0 Å². The molecule has 0 saturated heterocycles. The molecule has 0 aliphatic carbocycles. The highest BCUT2D eigenvalue weighted by Crippen LogP contribution is 2.33. The molecule has 8 heteroatoms. The molecule has 1 N–H and O–H groups in total. The van der Waals surface area contributed by atoms with Crippen LogP contribution in [0.3, 0.4) is 0 Å². The standard InChI is InChI=1S/C11H4BrN5O2/c12-8-2-1-3-9(11(8)17(18)19)16-10(6-15)7(4-13)5-14/h1-3,16H. The maximum Gasteiger partial charge on any atom is 0.306 e. The van der Waals surface area contributed by atoms with Crippen LogP contribution in [0.25, 0.3) is 0 Å². The number of nitrogens with one attached hydrogen (secondary N) is 1. The summed E-state index contributed by atoms with van der Waals surface area (Å²) in [4.78, 5) is 10.3. The lowest BCUT2D eigenvalue weighted by Gasteiger charge is -2.06. The van der Waals surface area contributed by atoms with Crippen LogP contribution in [0.1, 0.15) is 0 Å². The Hall–Kier alpha value is -2.89. The second-order valence-electron chi connectivity index (χ2n) is 3.10. The molecule has 19 heavy (non-hydrogen) atoms. The summed E-state index contributed by atoms with van der Waals surface area (Å²) < 4.78 is 0.218. The first-order valence-electron chi connectivity index (χ1n) is 4.69. The van der Waals surface area contributed by atoms with Crippen molar-refractivity contribution in [3.63, 3.8) is 0 Å². The van der Waals surface area contributed by atoms with Crippen LogP contribution < -0.4 is 5.32 Å². The average molecular weight is 318 g/mol. The summed E-state index contributed by atoms with van der Waals surface area (Å²) in [7, 11) is 0. The van der Waals surface area contributed by atoms with Crippen molar-refractivity contribution in [2.75, 3.05) is 5.32 Å². The van der Waals surface area contributed by atoms with Crippen LogP contribution in [0.2, 0.25) is 0 Å². The van der Waals surface area contributed by atoms with Crippen molar-refractivity contribution in [1.29, 1.82) is 15.8 Å². The zero-order chi connectivity index (χ0) is 14.4. The Morgan fingerprint density at radius 1 is 1.26 bits per heavy atom. The van der Waals surface area contributed by atoms with Crippen LogP contribution in [0.5, 0.6) is 0 Å². The van der Waals surface area contributed by atoms with Crippen LogP contribution >= 0.6 is 15.9 Å². The van der Waals surface area contributed by atoms with Gasteiger partial charge < -0.3 is 5.32 Å². The molecule has 0 unspecified atom stereocenters. The number of hydrogen-bond acceptors (Lipinski definition) is 6. The Kier molecular flexibility index (Phi) is 4.59. The molecule has 7 nitrogen and oxygen atoms in total. The van der Waals surface area contributed by atoms with Crippen LogP contribution in [-0.2, 0) is 0 Å². The minimum atomic E-state index is -0.639. The molecule has 0 aliphatic rings. The van der Waals surface area contributed by atoms with E-state index in [-0.39, 0.29) is 21.5 Å². The third-order valence-corrected chi connectivity index (χ3v) is 2.65. The molecule has 92 valence electrons. The smallest absolute Gasteiger partial charge is 0.306 e. The van der Waals surface area contributed by atoms with Gasteiger partial charge in [0.2, 0.25) is 0 Å². The highest BCUT2D eigenvalue weighted by Gasteiger charge is 2.19. The van der Waals surface area contributed by atoms with E-state index in [1.165, 1.54) is 30.3 Å². The summed E-state index contributed by atoms with van der Waals surface area (Å²) in [5.74, 6) is 0. The van der Waals surface area contributed by atoms with Crippen molar-refractivity contribution in [3.05, 3.63) is 44.1 Å². The van der Waals surface area contributed by atoms with Crippen LogP contribution in [0.15, 0.2) is 33.9 Å². The Labute approximate surface area is 116 Å². The molecule has 0 fully saturated rings. The molecule has 0 heterocycles. The SMILES string of the molecule is N#CC(C#N)=C(C#N)Nc1cccc(Br)c1[N+](=O)[O-]. The number of nitro benzene ring substituents is 1. The molecule has 0 amide bonds. The zero-order valence-corrected chi connectivity index (χ0v) is 10.8. The first-order chi connectivity index (χ1) is 9.04. The molecule has 0 bridgehead atoms. The number of nitriles is 3. The molecular formula is C11H4BrN5O2. The molecule has 1 aromatic carbocycles. The second kappa shape index (κ2) is 6.15. The fraction of sp³-hybridized carbons (Fsp3) is 0. The predicted octanol–water partition coefficient (Wildman–Crippen LogP) is 2.59. The molecule has 1 rings (SSSR count). The fourth-order valence-electron chi connectivity index (χ4n) is 1.22. The summed E-state index contributed by atoms with van der Waals surface area (Å²) >= 11 is 3.02. The number of anilines is 1. The summed E-state index contributed by atoms with van der Waals surface area (Å²) in [5.41, 5.74) is -1.06. The summed E-state index contributed by atoms with van der Waals surface area (Å²) in [6, 6.07) is 9.06. The quantitative estimate of drug-likeness (QED) is 0.518. The Balaban J connectivity index is 3.37. The van der Waals surface area contributed by atoms with Crippen LogP contribution in [-0.4, -0.2) is 4.92 Å². The first-order valence-corrected chi connectivity index (χ1v) is 5.49. The van der Waals surface area contributed by atoms with E-state index < -0.39 is 10.5 Å². The predicted molar refractivity (Wildman–Crippen MR) is 68.3 cm³/mol. The molecule has 0 aliphatic heterocycles. The highest BCUT2D eigenvalue weighted by atomic mass is 79.9. The number of nitro groups is 1. The highest BCUT2D eigenvalue weighted by molar-refractivity contribution is 9.10. The van der Waals surface area contributed by atoms with Gasteiger partial charge in [0.05, 0.1) is 9.40 Å². The molecule has 1 aromatic rings. The van der Waals surface area contributed by atoms with Gasteiger partial charge in [0, 0.05) is 0 Å². The third-order valence-electron chi connectivity index (χ3n) is 2.01. The van der Waals surface area contributed by atoms with Crippen molar-refractivity contribution < 1.29 is 4.92 Å². The topological polar surface area (TPSA) is 127 Å². The van der Waals surface area contributed by atoms with Gasteiger partial charge in [-0.1, -0.05) is 6.07 Å². The summed E-state index contributed by atoms with van der Waals surface area (Å²) in [6.45, 7) is 0. The minimum absolute atomic E-state index is 0.0129. The summed E-state index contributed by atoms with van der Waals surface area (Å²) in [5, 5.41) is 39.6. The number of halogens is 1. The van der Waals surface area contributed by atoms with E-state index in [0.717, 1.165) is 0 Å². The van der Waals surface area contributed by atoms with Crippen molar-refractivity contribution in [3.8, 4) is 18.2 Å². The number of benzene rings is 1. The molecular weight excluding hydrogens is 314 g/mol. The van der Waals surface area contributed by atoms with Crippen molar-refractivity contribution in [2.24, 2.45) is 0 Å². The number of rotatable bonds is 3. The van der Waals surface area contributed by atoms with E-state index in [0.29, 0.717) is 0 Å². The number of nitrogens with zero attached hydrogens (tertiary/aromatic N) is 4. The van der Waals surface area contributed by atoms with Gasteiger partial charge >= 0.3 is 5.69 Å². The third kappa shape index (κ3) is 3.06. The monoisotopic (exact) mass is 317 g/mol. The minimum Gasteiger partial charge on any atom is -0.339 e. The van der Waals surface area contributed by atoms with E-state index in [2.05, 4.69) is 21.2 Å². The van der Waals surface area contributed by atoms with E-state index in [1.807, 2.05) is 0 Å². The fourth-order valence-corrected chi connectivity index (χ4v) is 1.73. The Morgan fingerprint density at radius 3 is 2.37 bits per heavy atom. The van der Waals surface area contributed by atoms with Gasteiger partial charge in [-0.15, -0.1) is 0 Å². The maximum atomic E-state index is 10.9. The number of para-hydroxylation sites is 1. The molecule has 0 radical (unpaired) electrons. The lowest BCUT2D eigenvalue weighted by molar-refractivity contribution is -0.384. The Morgan fingerprint density at radius 2 is 1.89 bits per heavy atom. The van der Waals surface area contributed by atoms with Crippen LogP contribution in [0.4, 0.5) is 11.4 Å². The van der Waals surface area contributed by atoms with Gasteiger partial charge in [0.15, 0.2) is 5.57 Å².